The predicted molar refractivity (Wildman–Crippen MR) is 385 cm³/mol. The third kappa shape index (κ3) is 20.3. The molecule has 4 aromatic carbocycles. The van der Waals surface area contributed by atoms with Crippen LogP contribution in [0.15, 0.2) is 97.6 Å². The summed E-state index contributed by atoms with van der Waals surface area (Å²) in [6.45, 7) is 7.86. The number of anilines is 1. The number of aromatic amines is 2. The number of hydrogen-bond donors (Lipinski definition) is 17. The number of hydrogen-bond acceptors (Lipinski definition) is 19. The average molecular weight is 1460 g/mol. The Balaban J connectivity index is 0.933. The van der Waals surface area contributed by atoms with Crippen LogP contribution >= 0.6 is 24.0 Å². The van der Waals surface area contributed by atoms with Gasteiger partial charge < -0.3 is 100 Å². The Morgan fingerprint density at radius 1 is 0.650 bits per heavy atom. The van der Waals surface area contributed by atoms with Crippen molar-refractivity contribution in [1.82, 2.24) is 62.8 Å². The van der Waals surface area contributed by atoms with E-state index in [0.29, 0.717) is 63.1 Å². The molecule has 0 aliphatic carbocycles. The number of imidazole rings is 1. The number of aromatic nitrogens is 3. The molecule has 31 nitrogen and oxygen atoms in total. The Hall–Kier alpha value is -10.8. The van der Waals surface area contributed by atoms with Gasteiger partial charge in [-0.15, -0.1) is 0 Å². The molecule has 6 aromatic rings. The summed E-state index contributed by atoms with van der Waals surface area (Å²) in [4.78, 5) is 162. The third-order valence-electron chi connectivity index (χ3n) is 17.3. The Morgan fingerprint density at radius 3 is 1.89 bits per heavy atom. The van der Waals surface area contributed by atoms with Crippen LogP contribution in [0.2, 0.25) is 0 Å². The second-order valence-electron chi connectivity index (χ2n) is 25.9. The standard InChI is InChI=1S/C70H88N16O15S2/c1-35(2)25-52(65(96)81-49(60(73)91)22-24-103-6)83-66(97)54(28-40-32-74-34-77-40)80-58(90)33-76-67(98)59(36(3)4)86-61(92)37(5)78-64(95)53(26-38-31-75-48-12-8-7-11-43(38)48)84-63(94)51(20-21-57(72)89)82-62(93)50(13-9-10-23-71)85-69(102)79-39-14-17-45-44(27-39)68(99)101-70(45)46-18-15-41(87)29-55(46)100-56-30-42(88)16-19-47(56)70/h7-8,11-12,14-19,27,29-32,34-37,49-54,59,75,87-88H,9-10,13,20-26,28,33,71H2,1-6H3,(H2,72,89)(H2,73,91)(H,74,77)(H,76,98)(H,78,95)(H,80,90)(H,81,96)(H,82,93)(H,83,97)(H,84,94)(H,86,92)(H2,79,85,102). The molecule has 2 aliphatic rings. The highest BCUT2D eigenvalue weighted by Gasteiger charge is 2.54. The van der Waals surface area contributed by atoms with Crippen LogP contribution in [-0.2, 0) is 71.1 Å². The first kappa shape index (κ1) is 77.9. The van der Waals surface area contributed by atoms with Crippen molar-refractivity contribution >= 4 is 111 Å². The number of carbonyl (C=O) groups excluding carboxylic acids is 11. The Morgan fingerprint density at radius 2 is 1.26 bits per heavy atom. The van der Waals surface area contributed by atoms with Gasteiger partial charge in [-0.25, -0.2) is 9.78 Å². The first-order valence-corrected chi connectivity index (χ1v) is 35.4. The summed E-state index contributed by atoms with van der Waals surface area (Å²) in [5.74, 6) is -8.72. The van der Waals surface area contributed by atoms with Gasteiger partial charge in [-0.3, -0.25) is 47.9 Å². The van der Waals surface area contributed by atoms with Crippen molar-refractivity contribution in [1.29, 1.82) is 0 Å². The predicted octanol–water partition coefficient (Wildman–Crippen LogP) is 1.88. The molecule has 0 saturated heterocycles. The number of nitrogens with two attached hydrogens (primary N) is 3. The number of thiocarbonyl (C=S) groups is 1. The van der Waals surface area contributed by atoms with E-state index in [9.17, 15) is 63.0 Å². The lowest BCUT2D eigenvalue weighted by molar-refractivity contribution is -0.135. The molecule has 103 heavy (non-hydrogen) atoms. The summed E-state index contributed by atoms with van der Waals surface area (Å²) < 4.78 is 12.3. The summed E-state index contributed by atoms with van der Waals surface area (Å²) in [6, 6.07) is 10.5. The average Bonchev–Trinajstić information content (AvgIpc) is 1.60. The number of benzene rings is 4. The van der Waals surface area contributed by atoms with Gasteiger partial charge in [-0.05, 0) is 136 Å². The van der Waals surface area contributed by atoms with E-state index in [2.05, 4.69) is 68.1 Å². The first-order chi connectivity index (χ1) is 49.1. The number of fused-ring (bicyclic) bond motifs is 7. The van der Waals surface area contributed by atoms with Crippen molar-refractivity contribution in [3.63, 3.8) is 0 Å². The molecule has 2 aromatic heterocycles. The monoisotopic (exact) mass is 1460 g/mol. The number of carbonyl (C=O) groups is 11. The highest BCUT2D eigenvalue weighted by Crippen LogP contribution is 2.57. The van der Waals surface area contributed by atoms with Crippen LogP contribution in [-0.4, -0.2) is 169 Å². The Kier molecular flexibility index (Phi) is 27.0. The van der Waals surface area contributed by atoms with E-state index < -0.39 is 138 Å². The largest absolute Gasteiger partial charge is 0.508 e. The number of esters is 1. The number of H-pyrrole nitrogens is 2. The van der Waals surface area contributed by atoms with Gasteiger partial charge >= 0.3 is 5.97 Å². The Labute approximate surface area is 603 Å². The van der Waals surface area contributed by atoms with Crippen molar-refractivity contribution in [3.05, 3.63) is 131 Å². The zero-order chi connectivity index (χ0) is 74.8. The molecule has 8 rings (SSSR count). The minimum absolute atomic E-state index is 0.0805. The third-order valence-corrected chi connectivity index (χ3v) is 18.2. The number of amides is 10. The van der Waals surface area contributed by atoms with Gasteiger partial charge in [-0.1, -0.05) is 52.0 Å². The van der Waals surface area contributed by atoms with Crippen LogP contribution in [0.25, 0.3) is 10.9 Å². The van der Waals surface area contributed by atoms with Crippen molar-refractivity contribution in [2.24, 2.45) is 29.0 Å². The summed E-state index contributed by atoms with van der Waals surface area (Å²) in [7, 11) is 0. The molecule has 0 bridgehead atoms. The van der Waals surface area contributed by atoms with Crippen molar-refractivity contribution in [3.8, 4) is 23.0 Å². The molecule has 8 atom stereocenters. The van der Waals surface area contributed by atoms with Crippen molar-refractivity contribution in [2.45, 2.75) is 146 Å². The lowest BCUT2D eigenvalue weighted by atomic mass is 9.77. The second kappa shape index (κ2) is 35.7. The summed E-state index contributed by atoms with van der Waals surface area (Å²) in [5.41, 5.74) is 18.9. The summed E-state index contributed by atoms with van der Waals surface area (Å²) >= 11 is 7.21. The molecule has 0 fully saturated rings. The first-order valence-electron chi connectivity index (χ1n) is 33.6. The van der Waals surface area contributed by atoms with Gasteiger partial charge in [0.2, 0.25) is 59.1 Å². The van der Waals surface area contributed by atoms with Gasteiger partial charge in [0.15, 0.2) is 10.7 Å². The number of ether oxygens (including phenoxy) is 2. The fourth-order valence-corrected chi connectivity index (χ4v) is 12.7. The highest BCUT2D eigenvalue weighted by atomic mass is 32.2. The van der Waals surface area contributed by atoms with Crippen molar-refractivity contribution < 1.29 is 72.4 Å². The number of phenols is 2. The van der Waals surface area contributed by atoms with Gasteiger partial charge in [0.05, 0.1) is 18.4 Å². The highest BCUT2D eigenvalue weighted by molar-refractivity contribution is 7.98. The number of nitrogens with zero attached hydrogens (tertiary/aromatic N) is 1. The molecular weight excluding hydrogens is 1370 g/mol. The molecule has 2 aliphatic heterocycles. The van der Waals surface area contributed by atoms with Gasteiger partial charge in [0.1, 0.15) is 71.3 Å². The molecular formula is C70H88N16O15S2. The fraction of sp³-hybridized carbons (Fsp3) is 0.414. The van der Waals surface area contributed by atoms with E-state index in [1.165, 1.54) is 61.5 Å². The lowest BCUT2D eigenvalue weighted by Gasteiger charge is -2.36. The van der Waals surface area contributed by atoms with Crippen LogP contribution in [0.3, 0.4) is 0 Å². The molecule has 10 amide bonds. The SMILES string of the molecule is CSCCC(NC(=O)C(CC(C)C)NC(=O)C(Cc1cnc[nH]1)NC(=O)CNC(=O)C(NC(=O)C(C)NC(=O)C(Cc1c[nH]c2ccccc12)NC(=O)C(CCC(N)=O)NC(=O)C(CCCCN)NC(=S)Nc1ccc2c(c1)C(=O)OC21c2ccc(O)cc2Oc2cc(O)ccc21)C(C)C)C(N)=O. The zero-order valence-electron chi connectivity index (χ0n) is 57.7. The van der Waals surface area contributed by atoms with Crippen LogP contribution in [0.5, 0.6) is 23.0 Å². The number of para-hydroxylation sites is 1. The van der Waals surface area contributed by atoms with E-state index >= 15 is 0 Å². The van der Waals surface area contributed by atoms with Crippen LogP contribution in [0.1, 0.15) is 118 Å². The maximum absolute atomic E-state index is 14.7. The van der Waals surface area contributed by atoms with Crippen LogP contribution in [0.4, 0.5) is 5.69 Å². The molecule has 8 unspecified atom stereocenters. The molecule has 4 heterocycles. The van der Waals surface area contributed by atoms with Gasteiger partial charge in [0.25, 0.3) is 0 Å². The maximum Gasteiger partial charge on any atom is 0.340 e. The van der Waals surface area contributed by atoms with E-state index in [-0.39, 0.29) is 84.7 Å². The molecule has 0 radical (unpaired) electrons. The topological polar surface area (TPSA) is 490 Å². The normalized spacial score (nSPS) is 14.8. The van der Waals surface area contributed by atoms with Crippen LogP contribution < -0.4 is 75.1 Å². The number of aromatic hydroxyl groups is 2. The minimum Gasteiger partial charge on any atom is -0.508 e. The molecule has 0 saturated carbocycles. The van der Waals surface area contributed by atoms with E-state index in [1.54, 1.807) is 68.6 Å². The smallest absolute Gasteiger partial charge is 0.340 e. The van der Waals surface area contributed by atoms with E-state index in [1.807, 2.05) is 20.1 Å². The fourth-order valence-electron chi connectivity index (χ4n) is 12.0. The molecule has 33 heteroatoms. The quantitative estimate of drug-likeness (QED) is 0.0152. The number of thioether (sulfide) groups is 1. The number of primary amides is 2. The Bertz CT molecular complexity index is 4080. The van der Waals surface area contributed by atoms with Gasteiger partial charge in [0, 0.05) is 82.8 Å². The molecule has 20 N–H and O–H groups in total. The number of phenolic OH excluding ortho intramolecular Hbond substituents is 2. The molecule has 1 spiro atoms. The van der Waals surface area contributed by atoms with Crippen LogP contribution in [0, 0.1) is 11.8 Å². The second-order valence-corrected chi connectivity index (χ2v) is 27.3. The number of rotatable bonds is 36. The zero-order valence-corrected chi connectivity index (χ0v) is 59.3. The summed E-state index contributed by atoms with van der Waals surface area (Å²) in [5, 5.41) is 48.5. The van der Waals surface area contributed by atoms with E-state index in [0.717, 1.165) is 0 Å². The molecule has 550 valence electrons. The minimum atomic E-state index is -1.54. The van der Waals surface area contributed by atoms with Gasteiger partial charge in [-0.2, -0.15) is 11.8 Å². The number of nitrogens with one attached hydrogen (secondary N) is 12. The van der Waals surface area contributed by atoms with E-state index in [4.69, 9.17) is 38.9 Å². The number of unbranched alkanes of at least 4 members (excludes halogenated alkanes) is 1. The lowest BCUT2D eigenvalue weighted by Crippen LogP contribution is -2.60. The van der Waals surface area contributed by atoms with Crippen molar-refractivity contribution in [2.75, 3.05) is 30.4 Å². The maximum atomic E-state index is 14.7. The summed E-state index contributed by atoms with van der Waals surface area (Å²) in [6.07, 6.45) is 6.71.